The normalized spacial score (nSPS) is 16.5. The highest BCUT2D eigenvalue weighted by atomic mass is 35.5. The number of halogens is 1. The van der Waals surface area contributed by atoms with Crippen molar-refractivity contribution < 1.29 is 23.1 Å². The van der Waals surface area contributed by atoms with Crippen LogP contribution >= 0.6 is 11.6 Å². The molecule has 1 aromatic rings. The summed E-state index contributed by atoms with van der Waals surface area (Å²) in [6, 6.07) is 3.87. The van der Waals surface area contributed by atoms with Gasteiger partial charge in [-0.2, -0.15) is 4.31 Å². The number of methoxy groups -OCH3 is 1. The zero-order valence-electron chi connectivity index (χ0n) is 12.9. The third kappa shape index (κ3) is 4.16. The molecule has 0 unspecified atom stereocenters. The molecule has 0 atom stereocenters. The highest BCUT2D eigenvalue weighted by Gasteiger charge is 2.34. The first-order valence-corrected chi connectivity index (χ1v) is 9.25. The molecule has 128 valence electrons. The van der Waals surface area contributed by atoms with Crippen molar-refractivity contribution in [2.75, 3.05) is 13.7 Å². The van der Waals surface area contributed by atoms with Crippen molar-refractivity contribution in [2.24, 2.45) is 0 Å². The molecule has 1 aliphatic carbocycles. The van der Waals surface area contributed by atoms with E-state index in [9.17, 15) is 13.2 Å². The first-order valence-electron chi connectivity index (χ1n) is 7.43. The topological polar surface area (TPSA) is 83.9 Å². The molecule has 2 rings (SSSR count). The molecule has 1 N–H and O–H groups in total. The maximum atomic E-state index is 12.9. The Morgan fingerprint density at radius 1 is 1.35 bits per heavy atom. The monoisotopic (exact) mass is 361 g/mol. The summed E-state index contributed by atoms with van der Waals surface area (Å²) in [4.78, 5) is 11.1. The van der Waals surface area contributed by atoms with Crippen LogP contribution in [0.15, 0.2) is 23.1 Å². The minimum Gasteiger partial charge on any atom is -0.495 e. The lowest BCUT2D eigenvalue weighted by atomic mass is 9.95. The van der Waals surface area contributed by atoms with Gasteiger partial charge < -0.3 is 9.84 Å². The summed E-state index contributed by atoms with van der Waals surface area (Å²) in [5.74, 6) is -0.799. The number of nitrogens with zero attached hydrogens (tertiary/aromatic N) is 1. The van der Waals surface area contributed by atoms with Gasteiger partial charge in [-0.1, -0.05) is 30.9 Å². The summed E-state index contributed by atoms with van der Waals surface area (Å²) >= 11 is 6.01. The van der Waals surface area contributed by atoms with Crippen LogP contribution in [0.1, 0.15) is 32.1 Å². The number of rotatable bonds is 6. The van der Waals surface area contributed by atoms with E-state index in [2.05, 4.69) is 0 Å². The van der Waals surface area contributed by atoms with E-state index in [1.54, 1.807) is 0 Å². The van der Waals surface area contributed by atoms with Crippen LogP contribution in [0, 0.1) is 0 Å². The van der Waals surface area contributed by atoms with Crippen molar-refractivity contribution in [3.05, 3.63) is 23.2 Å². The molecule has 1 saturated carbocycles. The molecule has 0 radical (unpaired) electrons. The zero-order chi connectivity index (χ0) is 17.0. The number of aliphatic carboxylic acids is 1. The molecule has 0 amide bonds. The lowest BCUT2D eigenvalue weighted by Crippen LogP contribution is -2.44. The Morgan fingerprint density at radius 3 is 2.52 bits per heavy atom. The van der Waals surface area contributed by atoms with Crippen molar-refractivity contribution in [1.29, 1.82) is 0 Å². The predicted molar refractivity (Wildman–Crippen MR) is 86.4 cm³/mol. The summed E-state index contributed by atoms with van der Waals surface area (Å²) < 4.78 is 31.9. The molecule has 1 aliphatic rings. The number of carbonyl (C=O) groups is 1. The van der Waals surface area contributed by atoms with Gasteiger partial charge in [0.25, 0.3) is 0 Å². The van der Waals surface area contributed by atoms with Crippen LogP contribution in [0.25, 0.3) is 0 Å². The summed E-state index contributed by atoms with van der Waals surface area (Å²) in [5.41, 5.74) is 0. The molecule has 0 heterocycles. The third-order valence-electron chi connectivity index (χ3n) is 4.00. The van der Waals surface area contributed by atoms with Crippen LogP contribution in [0.2, 0.25) is 5.02 Å². The molecule has 0 aromatic heterocycles. The average Bonchev–Trinajstić information content (AvgIpc) is 2.53. The van der Waals surface area contributed by atoms with Gasteiger partial charge in [0, 0.05) is 6.04 Å². The number of hydrogen-bond donors (Lipinski definition) is 1. The maximum absolute atomic E-state index is 12.9. The van der Waals surface area contributed by atoms with E-state index in [4.69, 9.17) is 21.4 Å². The lowest BCUT2D eigenvalue weighted by molar-refractivity contribution is -0.137. The molecule has 23 heavy (non-hydrogen) atoms. The molecule has 0 saturated heterocycles. The Labute approximate surface area is 141 Å². The van der Waals surface area contributed by atoms with E-state index in [1.165, 1.54) is 25.3 Å². The Balaban J connectivity index is 2.38. The second-order valence-electron chi connectivity index (χ2n) is 5.53. The van der Waals surface area contributed by atoms with Crippen molar-refractivity contribution in [1.82, 2.24) is 4.31 Å². The molecular weight excluding hydrogens is 342 g/mol. The molecule has 1 fully saturated rings. The summed E-state index contributed by atoms with van der Waals surface area (Å²) in [6.45, 7) is -0.545. The largest absolute Gasteiger partial charge is 0.495 e. The summed E-state index contributed by atoms with van der Waals surface area (Å²) in [5, 5.41) is 9.28. The van der Waals surface area contributed by atoms with Gasteiger partial charge in [0.1, 0.15) is 12.3 Å². The van der Waals surface area contributed by atoms with E-state index in [-0.39, 0.29) is 16.0 Å². The predicted octanol–water partition coefficient (Wildman–Crippen LogP) is 2.76. The van der Waals surface area contributed by atoms with Crippen molar-refractivity contribution in [3.8, 4) is 5.75 Å². The van der Waals surface area contributed by atoms with E-state index in [0.29, 0.717) is 18.6 Å². The van der Waals surface area contributed by atoms with Crippen LogP contribution in [-0.4, -0.2) is 43.5 Å². The van der Waals surface area contributed by atoms with Crippen molar-refractivity contribution in [2.45, 2.75) is 43.0 Å². The maximum Gasteiger partial charge on any atom is 0.318 e. The van der Waals surface area contributed by atoms with Gasteiger partial charge >= 0.3 is 5.97 Å². The first-order chi connectivity index (χ1) is 10.9. The summed E-state index contributed by atoms with van der Waals surface area (Å²) in [6.07, 6.45) is 4.21. The number of carboxylic acid groups (broad SMARTS) is 1. The SMILES string of the molecule is COc1ccc(S(=O)(=O)N(CC(=O)O)C2CCCCC2)cc1Cl. The van der Waals surface area contributed by atoms with E-state index >= 15 is 0 Å². The zero-order valence-corrected chi connectivity index (χ0v) is 14.4. The molecule has 6 nitrogen and oxygen atoms in total. The first kappa shape index (κ1) is 18.0. The van der Waals surface area contributed by atoms with E-state index in [0.717, 1.165) is 23.6 Å². The van der Waals surface area contributed by atoms with Gasteiger partial charge in [0.2, 0.25) is 10.0 Å². The number of sulfonamides is 1. The van der Waals surface area contributed by atoms with Crippen LogP contribution < -0.4 is 4.74 Å². The van der Waals surface area contributed by atoms with Gasteiger partial charge in [0.05, 0.1) is 17.0 Å². The second-order valence-corrected chi connectivity index (χ2v) is 7.83. The van der Waals surface area contributed by atoms with Gasteiger partial charge in [-0.05, 0) is 31.0 Å². The number of carboxylic acids is 1. The Morgan fingerprint density at radius 2 is 2.00 bits per heavy atom. The molecule has 1 aromatic carbocycles. The van der Waals surface area contributed by atoms with Crippen LogP contribution in [0.4, 0.5) is 0 Å². The minimum absolute atomic E-state index is 0.0184. The Hall–Kier alpha value is -1.31. The highest BCUT2D eigenvalue weighted by Crippen LogP contribution is 2.31. The van der Waals surface area contributed by atoms with Crippen molar-refractivity contribution >= 4 is 27.6 Å². The van der Waals surface area contributed by atoms with Crippen LogP contribution in [0.5, 0.6) is 5.75 Å². The summed E-state index contributed by atoms with van der Waals surface area (Å²) in [7, 11) is -2.49. The lowest BCUT2D eigenvalue weighted by Gasteiger charge is -2.32. The van der Waals surface area contributed by atoms with E-state index in [1.807, 2.05) is 0 Å². The highest BCUT2D eigenvalue weighted by molar-refractivity contribution is 7.89. The quantitative estimate of drug-likeness (QED) is 0.842. The molecule has 8 heteroatoms. The number of benzene rings is 1. The van der Waals surface area contributed by atoms with Gasteiger partial charge in [-0.15, -0.1) is 0 Å². The van der Waals surface area contributed by atoms with Gasteiger partial charge in [-0.3, -0.25) is 4.79 Å². The van der Waals surface area contributed by atoms with Crippen LogP contribution in [0.3, 0.4) is 0 Å². The van der Waals surface area contributed by atoms with Crippen molar-refractivity contribution in [3.63, 3.8) is 0 Å². The fraction of sp³-hybridized carbons (Fsp3) is 0.533. The Kier molecular flexibility index (Phi) is 5.89. The van der Waals surface area contributed by atoms with Crippen LogP contribution in [-0.2, 0) is 14.8 Å². The third-order valence-corrected chi connectivity index (χ3v) is 6.19. The standard InChI is InChI=1S/C15H20ClNO5S/c1-22-14-8-7-12(9-13(14)16)23(20,21)17(10-15(18)19)11-5-3-2-4-6-11/h7-9,11H,2-6,10H2,1H3,(H,18,19). The Bertz CT molecular complexity index is 670. The smallest absolute Gasteiger partial charge is 0.318 e. The van der Waals surface area contributed by atoms with Gasteiger partial charge in [0.15, 0.2) is 0 Å². The fourth-order valence-corrected chi connectivity index (χ4v) is 4.84. The average molecular weight is 362 g/mol. The molecule has 0 aliphatic heterocycles. The number of hydrogen-bond acceptors (Lipinski definition) is 4. The molecule has 0 bridgehead atoms. The van der Waals surface area contributed by atoms with Gasteiger partial charge in [-0.25, -0.2) is 8.42 Å². The molecular formula is C15H20ClNO5S. The second kappa shape index (κ2) is 7.51. The van der Waals surface area contributed by atoms with E-state index < -0.39 is 22.5 Å². The number of ether oxygens (including phenoxy) is 1. The fourth-order valence-electron chi connectivity index (χ4n) is 2.86. The minimum atomic E-state index is -3.93. The molecule has 0 spiro atoms.